The van der Waals surface area contributed by atoms with Gasteiger partial charge in [-0.2, -0.15) is 0 Å². The molecule has 1 aliphatic carbocycles. The van der Waals surface area contributed by atoms with Crippen LogP contribution in [0.15, 0.2) is 133 Å². The number of fused-ring (bicyclic) bond motifs is 3. The monoisotopic (exact) mass is 644 g/mol. The number of benzene rings is 8. The van der Waals surface area contributed by atoms with Crippen LogP contribution in [0.1, 0.15) is 76.6 Å². The minimum Gasteiger partial charge on any atom is -0.0619 e. The first kappa shape index (κ1) is 30.8. The molecule has 0 aromatic heterocycles. The molecule has 0 bridgehead atoms. The van der Waals surface area contributed by atoms with Gasteiger partial charge in [-0.1, -0.05) is 176 Å². The van der Waals surface area contributed by atoms with E-state index in [4.69, 9.17) is 0 Å². The number of rotatable bonds is 4. The average Bonchev–Trinajstić information content (AvgIpc) is 3.35. The third-order valence-corrected chi connectivity index (χ3v) is 11.6. The molecule has 0 N–H and O–H groups in total. The summed E-state index contributed by atoms with van der Waals surface area (Å²) in [5.41, 5.74) is 16.2. The molecule has 0 atom stereocenters. The summed E-state index contributed by atoms with van der Waals surface area (Å²) in [6.45, 7) is 16.2. The fraction of sp³-hybridized carbons (Fsp3) is 0.200. The molecular formula is C50H44. The summed E-state index contributed by atoms with van der Waals surface area (Å²) < 4.78 is 0. The van der Waals surface area contributed by atoms with Gasteiger partial charge in [0.15, 0.2) is 0 Å². The lowest BCUT2D eigenvalue weighted by Crippen LogP contribution is -2.14. The first-order chi connectivity index (χ1) is 24.0. The van der Waals surface area contributed by atoms with E-state index in [0.29, 0.717) is 5.92 Å². The zero-order chi connectivity index (χ0) is 34.5. The third kappa shape index (κ3) is 4.65. The van der Waals surface area contributed by atoms with E-state index in [2.05, 4.69) is 182 Å². The zero-order valence-corrected chi connectivity index (χ0v) is 30.3. The molecule has 0 spiro atoms. The van der Waals surface area contributed by atoms with Gasteiger partial charge in [0.25, 0.3) is 0 Å². The van der Waals surface area contributed by atoms with Crippen LogP contribution < -0.4 is 0 Å². The predicted molar refractivity (Wildman–Crippen MR) is 217 cm³/mol. The van der Waals surface area contributed by atoms with Gasteiger partial charge in [-0.05, 0) is 116 Å². The van der Waals surface area contributed by atoms with Crippen molar-refractivity contribution in [1.82, 2.24) is 0 Å². The zero-order valence-electron chi connectivity index (χ0n) is 30.3. The van der Waals surface area contributed by atoms with Crippen molar-refractivity contribution in [2.24, 2.45) is 0 Å². The van der Waals surface area contributed by atoms with E-state index in [0.717, 1.165) is 0 Å². The highest BCUT2D eigenvalue weighted by Crippen LogP contribution is 2.50. The van der Waals surface area contributed by atoms with Crippen molar-refractivity contribution in [3.05, 3.63) is 156 Å². The first-order valence-electron chi connectivity index (χ1n) is 18.2. The molecule has 1 aliphatic rings. The maximum atomic E-state index is 2.43. The molecule has 0 radical (unpaired) electrons. The minimum absolute atomic E-state index is 0.00497. The van der Waals surface area contributed by atoms with Crippen molar-refractivity contribution in [3.63, 3.8) is 0 Å². The molecule has 0 unspecified atom stereocenters. The van der Waals surface area contributed by atoms with Crippen molar-refractivity contribution < 1.29 is 0 Å². The third-order valence-electron chi connectivity index (χ3n) is 11.6. The van der Waals surface area contributed by atoms with Crippen LogP contribution in [0.25, 0.3) is 76.8 Å². The highest BCUT2D eigenvalue weighted by atomic mass is 14.4. The van der Waals surface area contributed by atoms with Crippen molar-refractivity contribution in [2.75, 3.05) is 0 Å². The Morgan fingerprint density at radius 3 is 1.70 bits per heavy atom. The summed E-state index contributed by atoms with van der Waals surface area (Å²) >= 11 is 0. The van der Waals surface area contributed by atoms with Crippen molar-refractivity contribution >= 4 is 32.3 Å². The Hall–Kier alpha value is -5.20. The molecule has 0 saturated carbocycles. The van der Waals surface area contributed by atoms with Crippen molar-refractivity contribution in [1.29, 1.82) is 0 Å². The number of hydrogen-bond acceptors (Lipinski definition) is 0. The Morgan fingerprint density at radius 2 is 1.00 bits per heavy atom. The molecule has 0 fully saturated rings. The van der Waals surface area contributed by atoms with Gasteiger partial charge in [-0.25, -0.2) is 0 Å². The second-order valence-electron chi connectivity index (χ2n) is 16.4. The van der Waals surface area contributed by atoms with Gasteiger partial charge >= 0.3 is 0 Å². The molecule has 0 amide bonds. The standard InChI is InChI=1S/C50H44/c1-30(2)44-28-34(35-20-24-42-41-10-8-9-11-45(41)50(6,7)46(42)29-35)19-23-40(44)32-14-12-31(13-15-32)39-22-18-33-16-17-36-26-38(49(3,4)5)27-37-21-25-43(39)48(33)47(36)37/h8-30H,1-7H3. The van der Waals surface area contributed by atoms with Gasteiger partial charge in [0.05, 0.1) is 0 Å². The number of hydrogen-bond donors (Lipinski definition) is 0. The molecule has 0 heterocycles. The minimum atomic E-state index is -0.00497. The second kappa shape index (κ2) is 10.9. The normalized spacial score (nSPS) is 13.8. The summed E-state index contributed by atoms with van der Waals surface area (Å²) in [4.78, 5) is 0. The Kier molecular flexibility index (Phi) is 6.72. The molecule has 0 heteroatoms. The average molecular weight is 645 g/mol. The molecule has 244 valence electrons. The molecule has 9 rings (SSSR count). The topological polar surface area (TPSA) is 0 Å². The Morgan fingerprint density at radius 1 is 0.460 bits per heavy atom. The summed E-state index contributed by atoms with van der Waals surface area (Å²) in [5.74, 6) is 0.399. The summed E-state index contributed by atoms with van der Waals surface area (Å²) in [5, 5.41) is 8.04. The van der Waals surface area contributed by atoms with Crippen LogP contribution in [0, 0.1) is 0 Å². The van der Waals surface area contributed by atoms with Crippen LogP contribution >= 0.6 is 0 Å². The van der Waals surface area contributed by atoms with Crippen LogP contribution in [0.3, 0.4) is 0 Å². The largest absolute Gasteiger partial charge is 0.0619 e. The molecule has 8 aromatic rings. The maximum Gasteiger partial charge on any atom is 0.0159 e. The molecule has 0 saturated heterocycles. The fourth-order valence-electron chi connectivity index (χ4n) is 8.70. The predicted octanol–water partition coefficient (Wildman–Crippen LogP) is 14.3. The Balaban J connectivity index is 1.09. The smallest absolute Gasteiger partial charge is 0.0159 e. The maximum absolute atomic E-state index is 2.43. The van der Waals surface area contributed by atoms with Crippen molar-refractivity contribution in [2.45, 2.75) is 65.2 Å². The fourth-order valence-corrected chi connectivity index (χ4v) is 8.70. The van der Waals surface area contributed by atoms with Gasteiger partial charge in [0.2, 0.25) is 0 Å². The van der Waals surface area contributed by atoms with E-state index >= 15 is 0 Å². The Labute approximate surface area is 296 Å². The van der Waals surface area contributed by atoms with Crippen LogP contribution in [0.4, 0.5) is 0 Å². The SMILES string of the molecule is CC(C)c1cc(-c2ccc3c(c2)C(C)(C)c2ccccc2-3)ccc1-c1ccc(-c2ccc3ccc4cc(C(C)(C)C)cc5ccc2c3c45)cc1. The van der Waals surface area contributed by atoms with Gasteiger partial charge < -0.3 is 0 Å². The molecule has 8 aromatic carbocycles. The highest BCUT2D eigenvalue weighted by Gasteiger charge is 2.35. The van der Waals surface area contributed by atoms with E-state index in [9.17, 15) is 0 Å². The first-order valence-corrected chi connectivity index (χ1v) is 18.2. The van der Waals surface area contributed by atoms with Crippen LogP contribution in [0.5, 0.6) is 0 Å². The molecule has 0 nitrogen and oxygen atoms in total. The summed E-state index contributed by atoms with van der Waals surface area (Å²) in [6, 6.07) is 51.0. The van der Waals surface area contributed by atoms with E-state index < -0.39 is 0 Å². The van der Waals surface area contributed by atoms with Gasteiger partial charge in [-0.3, -0.25) is 0 Å². The lowest BCUT2D eigenvalue weighted by Gasteiger charge is -2.22. The molecular weight excluding hydrogens is 601 g/mol. The van der Waals surface area contributed by atoms with Crippen LogP contribution in [-0.2, 0) is 10.8 Å². The van der Waals surface area contributed by atoms with Gasteiger partial charge in [0.1, 0.15) is 0 Å². The molecule has 0 aliphatic heterocycles. The van der Waals surface area contributed by atoms with Crippen LogP contribution in [-0.4, -0.2) is 0 Å². The Bertz CT molecular complexity index is 2580. The van der Waals surface area contributed by atoms with E-state index in [1.807, 2.05) is 0 Å². The quantitative estimate of drug-likeness (QED) is 0.167. The highest BCUT2D eigenvalue weighted by molar-refractivity contribution is 6.25. The molecule has 50 heavy (non-hydrogen) atoms. The van der Waals surface area contributed by atoms with Crippen molar-refractivity contribution in [3.8, 4) is 44.5 Å². The van der Waals surface area contributed by atoms with Crippen LogP contribution in [0.2, 0.25) is 0 Å². The van der Waals surface area contributed by atoms with Gasteiger partial charge in [-0.15, -0.1) is 0 Å². The van der Waals surface area contributed by atoms with E-state index in [1.165, 1.54) is 99.1 Å². The summed E-state index contributed by atoms with van der Waals surface area (Å²) in [6.07, 6.45) is 0. The van der Waals surface area contributed by atoms with E-state index in [-0.39, 0.29) is 10.8 Å². The second-order valence-corrected chi connectivity index (χ2v) is 16.4. The summed E-state index contributed by atoms with van der Waals surface area (Å²) in [7, 11) is 0. The van der Waals surface area contributed by atoms with E-state index in [1.54, 1.807) is 0 Å². The van der Waals surface area contributed by atoms with Gasteiger partial charge in [0, 0.05) is 5.41 Å². The lowest BCUT2D eigenvalue weighted by molar-refractivity contribution is 0.591. The lowest BCUT2D eigenvalue weighted by atomic mass is 9.81.